The summed E-state index contributed by atoms with van der Waals surface area (Å²) in [5.41, 5.74) is 1.46. The third-order valence-corrected chi connectivity index (χ3v) is 2.23. The van der Waals surface area contributed by atoms with Gasteiger partial charge in [-0.05, 0) is 17.7 Å². The van der Waals surface area contributed by atoms with E-state index in [9.17, 15) is 4.79 Å². The lowest BCUT2D eigenvalue weighted by molar-refractivity contribution is 0.0276. The predicted octanol–water partition coefficient (Wildman–Crippen LogP) is 0.555. The van der Waals surface area contributed by atoms with E-state index >= 15 is 0 Å². The van der Waals surface area contributed by atoms with Crippen LogP contribution in [0, 0.1) is 0 Å². The van der Waals surface area contributed by atoms with Crippen molar-refractivity contribution in [1.29, 1.82) is 0 Å². The SMILES string of the molecule is O=Cc1cc(C2CNCCO2)ccn1. The lowest BCUT2D eigenvalue weighted by atomic mass is 10.1. The highest BCUT2D eigenvalue weighted by Gasteiger charge is 2.15. The Labute approximate surface area is 82.3 Å². The molecular weight excluding hydrogens is 180 g/mol. The molecule has 4 heteroatoms. The Hall–Kier alpha value is -1.26. The second-order valence-corrected chi connectivity index (χ2v) is 3.20. The molecule has 1 saturated heterocycles. The Bertz CT molecular complexity index is 322. The van der Waals surface area contributed by atoms with E-state index in [1.54, 1.807) is 12.3 Å². The molecule has 0 radical (unpaired) electrons. The van der Waals surface area contributed by atoms with E-state index in [0.717, 1.165) is 24.9 Å². The topological polar surface area (TPSA) is 51.2 Å². The molecule has 14 heavy (non-hydrogen) atoms. The molecule has 0 aliphatic carbocycles. The quantitative estimate of drug-likeness (QED) is 0.695. The molecule has 0 bridgehead atoms. The Morgan fingerprint density at radius 1 is 1.64 bits per heavy atom. The molecular formula is C10H12N2O2. The molecule has 1 atom stereocenters. The molecule has 1 aromatic heterocycles. The molecule has 0 saturated carbocycles. The van der Waals surface area contributed by atoms with Crippen LogP contribution in [0.15, 0.2) is 18.3 Å². The van der Waals surface area contributed by atoms with E-state index in [2.05, 4.69) is 10.3 Å². The second kappa shape index (κ2) is 4.30. The van der Waals surface area contributed by atoms with Crippen LogP contribution in [0.5, 0.6) is 0 Å². The molecule has 1 aliphatic heterocycles. The molecule has 2 rings (SSSR count). The van der Waals surface area contributed by atoms with Gasteiger partial charge in [-0.2, -0.15) is 0 Å². The summed E-state index contributed by atoms with van der Waals surface area (Å²) < 4.78 is 5.56. The first-order valence-electron chi connectivity index (χ1n) is 4.63. The number of rotatable bonds is 2. The Morgan fingerprint density at radius 3 is 3.29 bits per heavy atom. The number of carbonyl (C=O) groups is 1. The highest BCUT2D eigenvalue weighted by molar-refractivity contribution is 5.71. The van der Waals surface area contributed by atoms with Gasteiger partial charge >= 0.3 is 0 Å². The van der Waals surface area contributed by atoms with Gasteiger partial charge < -0.3 is 10.1 Å². The van der Waals surface area contributed by atoms with Gasteiger partial charge in [0.1, 0.15) is 5.69 Å². The number of morpholine rings is 1. The van der Waals surface area contributed by atoms with Crippen LogP contribution in [0.25, 0.3) is 0 Å². The number of carbonyl (C=O) groups excluding carboxylic acids is 1. The van der Waals surface area contributed by atoms with Crippen molar-refractivity contribution < 1.29 is 9.53 Å². The van der Waals surface area contributed by atoms with E-state index in [-0.39, 0.29) is 6.10 Å². The van der Waals surface area contributed by atoms with Crippen molar-refractivity contribution in [2.75, 3.05) is 19.7 Å². The molecule has 1 aliphatic rings. The average Bonchev–Trinajstić information content (AvgIpc) is 2.30. The lowest BCUT2D eigenvalue weighted by Crippen LogP contribution is -2.33. The van der Waals surface area contributed by atoms with Crippen molar-refractivity contribution in [1.82, 2.24) is 10.3 Å². The van der Waals surface area contributed by atoms with Crippen molar-refractivity contribution in [3.05, 3.63) is 29.6 Å². The highest BCUT2D eigenvalue weighted by atomic mass is 16.5. The molecule has 4 nitrogen and oxygen atoms in total. The fourth-order valence-corrected chi connectivity index (χ4v) is 1.51. The minimum Gasteiger partial charge on any atom is -0.371 e. The number of aldehydes is 1. The summed E-state index contributed by atoms with van der Waals surface area (Å²) in [5, 5.41) is 3.24. The molecule has 1 unspecified atom stereocenters. The maximum atomic E-state index is 10.5. The zero-order valence-electron chi connectivity index (χ0n) is 7.77. The zero-order chi connectivity index (χ0) is 9.80. The Balaban J connectivity index is 2.17. The van der Waals surface area contributed by atoms with Gasteiger partial charge in [-0.15, -0.1) is 0 Å². The van der Waals surface area contributed by atoms with Gasteiger partial charge in [-0.1, -0.05) is 0 Å². The highest BCUT2D eigenvalue weighted by Crippen LogP contribution is 2.18. The number of hydrogen-bond donors (Lipinski definition) is 1. The summed E-state index contributed by atoms with van der Waals surface area (Å²) in [6, 6.07) is 3.65. The van der Waals surface area contributed by atoms with Crippen LogP contribution in [-0.2, 0) is 4.74 Å². The maximum Gasteiger partial charge on any atom is 0.168 e. The number of nitrogens with one attached hydrogen (secondary N) is 1. The maximum absolute atomic E-state index is 10.5. The van der Waals surface area contributed by atoms with E-state index in [4.69, 9.17) is 4.74 Å². The largest absolute Gasteiger partial charge is 0.371 e. The number of aromatic nitrogens is 1. The first kappa shape index (κ1) is 9.30. The van der Waals surface area contributed by atoms with Crippen LogP contribution in [0.4, 0.5) is 0 Å². The average molecular weight is 192 g/mol. The van der Waals surface area contributed by atoms with Crippen LogP contribution in [0.1, 0.15) is 22.2 Å². The van der Waals surface area contributed by atoms with Gasteiger partial charge in [0.05, 0.1) is 12.7 Å². The molecule has 1 N–H and O–H groups in total. The van der Waals surface area contributed by atoms with Crippen molar-refractivity contribution in [3.8, 4) is 0 Å². The molecule has 2 heterocycles. The normalized spacial score (nSPS) is 21.9. The predicted molar refractivity (Wildman–Crippen MR) is 51.2 cm³/mol. The van der Waals surface area contributed by atoms with Crippen LogP contribution < -0.4 is 5.32 Å². The van der Waals surface area contributed by atoms with Crippen LogP contribution in [-0.4, -0.2) is 31.0 Å². The number of ether oxygens (including phenoxy) is 1. The monoisotopic (exact) mass is 192 g/mol. The smallest absolute Gasteiger partial charge is 0.168 e. The van der Waals surface area contributed by atoms with E-state index in [1.165, 1.54) is 0 Å². The van der Waals surface area contributed by atoms with Crippen LogP contribution in [0.3, 0.4) is 0 Å². The Morgan fingerprint density at radius 2 is 2.57 bits per heavy atom. The standard InChI is InChI=1S/C10H12N2O2/c13-7-9-5-8(1-2-12-9)10-6-11-3-4-14-10/h1-2,5,7,10-11H,3-4,6H2. The van der Waals surface area contributed by atoms with Crippen molar-refractivity contribution >= 4 is 6.29 Å². The van der Waals surface area contributed by atoms with Crippen molar-refractivity contribution in [2.45, 2.75) is 6.10 Å². The van der Waals surface area contributed by atoms with Gasteiger partial charge in [0.25, 0.3) is 0 Å². The lowest BCUT2D eigenvalue weighted by Gasteiger charge is -2.23. The minimum absolute atomic E-state index is 0.0467. The summed E-state index contributed by atoms with van der Waals surface area (Å²) in [4.78, 5) is 14.4. The van der Waals surface area contributed by atoms with Crippen molar-refractivity contribution in [3.63, 3.8) is 0 Å². The molecule has 1 aromatic rings. The molecule has 1 fully saturated rings. The van der Waals surface area contributed by atoms with Gasteiger partial charge in [0.2, 0.25) is 0 Å². The second-order valence-electron chi connectivity index (χ2n) is 3.20. The fraction of sp³-hybridized carbons (Fsp3) is 0.400. The van der Waals surface area contributed by atoms with Gasteiger partial charge in [0.15, 0.2) is 6.29 Å². The Kier molecular flexibility index (Phi) is 2.86. The van der Waals surface area contributed by atoms with Gasteiger partial charge in [-0.25, -0.2) is 0 Å². The number of hydrogen-bond acceptors (Lipinski definition) is 4. The van der Waals surface area contributed by atoms with Crippen LogP contribution >= 0.6 is 0 Å². The molecule has 0 spiro atoms. The molecule has 0 amide bonds. The summed E-state index contributed by atoms with van der Waals surface area (Å²) in [7, 11) is 0. The summed E-state index contributed by atoms with van der Waals surface area (Å²) in [6.45, 7) is 2.40. The number of nitrogens with zero attached hydrogens (tertiary/aromatic N) is 1. The van der Waals surface area contributed by atoms with E-state index in [1.807, 2.05) is 6.07 Å². The third-order valence-electron chi connectivity index (χ3n) is 2.23. The molecule has 74 valence electrons. The summed E-state index contributed by atoms with van der Waals surface area (Å²) in [5.74, 6) is 0. The van der Waals surface area contributed by atoms with Gasteiger partial charge in [0, 0.05) is 19.3 Å². The van der Waals surface area contributed by atoms with Crippen LogP contribution in [0.2, 0.25) is 0 Å². The summed E-state index contributed by atoms with van der Waals surface area (Å²) in [6.07, 6.45) is 2.43. The first-order chi connectivity index (χ1) is 6.90. The minimum atomic E-state index is 0.0467. The van der Waals surface area contributed by atoms with E-state index < -0.39 is 0 Å². The fourth-order valence-electron chi connectivity index (χ4n) is 1.51. The third kappa shape index (κ3) is 1.97. The van der Waals surface area contributed by atoms with Gasteiger partial charge in [-0.3, -0.25) is 9.78 Å². The van der Waals surface area contributed by atoms with Crippen molar-refractivity contribution in [2.24, 2.45) is 0 Å². The number of pyridine rings is 1. The first-order valence-corrected chi connectivity index (χ1v) is 4.63. The van der Waals surface area contributed by atoms with E-state index in [0.29, 0.717) is 12.3 Å². The zero-order valence-corrected chi connectivity index (χ0v) is 7.77. The molecule has 0 aromatic carbocycles. The summed E-state index contributed by atoms with van der Waals surface area (Å²) >= 11 is 0.